The van der Waals surface area contributed by atoms with E-state index < -0.39 is 0 Å². The smallest absolute Gasteiger partial charge is 0.131 e. The molecule has 1 aliphatic rings. The van der Waals surface area contributed by atoms with E-state index in [0.29, 0.717) is 5.92 Å². The number of rotatable bonds is 8. The zero-order valence-corrected chi connectivity index (χ0v) is 17.6. The number of likely N-dealkylation sites (tertiary alicyclic amines) is 1. The molecule has 5 heteroatoms. The van der Waals surface area contributed by atoms with Crippen LogP contribution >= 0.6 is 0 Å². The average molecular weight is 403 g/mol. The number of aryl methyl sites for hydroxylation is 1. The van der Waals surface area contributed by atoms with Crippen LogP contribution in [0.4, 0.5) is 11.6 Å². The predicted octanol–water partition coefficient (Wildman–Crippen LogP) is 5.04. The Hall–Kier alpha value is -2.92. The molecule has 3 heterocycles. The molecule has 2 aromatic heterocycles. The van der Waals surface area contributed by atoms with Gasteiger partial charge in [-0.15, -0.1) is 0 Å². The second-order valence-corrected chi connectivity index (χ2v) is 7.82. The van der Waals surface area contributed by atoms with Gasteiger partial charge in [-0.05, 0) is 81.2 Å². The van der Waals surface area contributed by atoms with Gasteiger partial charge in [0.25, 0.3) is 0 Å². The second kappa shape index (κ2) is 10.2. The van der Waals surface area contributed by atoms with Gasteiger partial charge in [-0.25, -0.2) is 9.97 Å². The lowest BCUT2D eigenvalue weighted by Gasteiger charge is -2.31. The first-order chi connectivity index (χ1) is 14.8. The van der Waals surface area contributed by atoms with Crippen molar-refractivity contribution in [2.24, 2.45) is 0 Å². The highest BCUT2D eigenvalue weighted by atomic mass is 16.5. The molecule has 1 aromatic carbocycles. The van der Waals surface area contributed by atoms with Crippen LogP contribution in [0.15, 0.2) is 66.9 Å². The third-order valence-electron chi connectivity index (χ3n) is 5.81. The number of piperidine rings is 1. The number of hydrogen-bond donors (Lipinski definition) is 1. The van der Waals surface area contributed by atoms with Gasteiger partial charge in [0.05, 0.1) is 7.11 Å². The lowest BCUT2D eigenvalue weighted by molar-refractivity contribution is 0.209. The Morgan fingerprint density at radius 1 is 0.967 bits per heavy atom. The van der Waals surface area contributed by atoms with E-state index in [-0.39, 0.29) is 0 Å². The molecule has 0 unspecified atom stereocenters. The third kappa shape index (κ3) is 5.36. The van der Waals surface area contributed by atoms with Crippen LogP contribution in [0.2, 0.25) is 0 Å². The SMILES string of the molecule is COc1ccccc1CCCN1CCC(c2cccc(Nc3ccccn3)n2)CC1. The fourth-order valence-corrected chi connectivity index (χ4v) is 4.17. The molecule has 0 saturated carbocycles. The monoisotopic (exact) mass is 402 g/mol. The topological polar surface area (TPSA) is 50.3 Å². The van der Waals surface area contributed by atoms with Crippen molar-refractivity contribution in [1.82, 2.24) is 14.9 Å². The molecule has 0 atom stereocenters. The van der Waals surface area contributed by atoms with Gasteiger partial charge in [-0.3, -0.25) is 0 Å². The van der Waals surface area contributed by atoms with E-state index in [1.54, 1.807) is 13.3 Å². The average Bonchev–Trinajstić information content (AvgIpc) is 2.81. The Kier molecular flexibility index (Phi) is 6.93. The van der Waals surface area contributed by atoms with E-state index in [1.165, 1.54) is 11.3 Å². The van der Waals surface area contributed by atoms with Crippen LogP contribution < -0.4 is 10.1 Å². The fourth-order valence-electron chi connectivity index (χ4n) is 4.17. The van der Waals surface area contributed by atoms with Crippen molar-refractivity contribution < 1.29 is 4.74 Å². The van der Waals surface area contributed by atoms with Crippen LogP contribution in [0, 0.1) is 0 Å². The van der Waals surface area contributed by atoms with Gasteiger partial charge in [-0.2, -0.15) is 0 Å². The number of aromatic nitrogens is 2. The summed E-state index contributed by atoms with van der Waals surface area (Å²) in [6.07, 6.45) is 6.33. The second-order valence-electron chi connectivity index (χ2n) is 7.82. The Bertz CT molecular complexity index is 923. The highest BCUT2D eigenvalue weighted by Gasteiger charge is 2.21. The molecular weight excluding hydrogens is 372 g/mol. The van der Waals surface area contributed by atoms with Crippen LogP contribution in [0.1, 0.15) is 36.4 Å². The van der Waals surface area contributed by atoms with Gasteiger partial charge in [0.15, 0.2) is 0 Å². The van der Waals surface area contributed by atoms with Gasteiger partial charge < -0.3 is 15.0 Å². The molecular formula is C25H30N4O. The van der Waals surface area contributed by atoms with E-state index in [4.69, 9.17) is 9.72 Å². The van der Waals surface area contributed by atoms with E-state index in [1.807, 2.05) is 36.4 Å². The summed E-state index contributed by atoms with van der Waals surface area (Å²) in [5.41, 5.74) is 2.49. The van der Waals surface area contributed by atoms with Crippen LogP contribution in [-0.4, -0.2) is 41.6 Å². The molecule has 0 amide bonds. The third-order valence-corrected chi connectivity index (χ3v) is 5.81. The number of benzene rings is 1. The number of anilines is 2. The Morgan fingerprint density at radius 2 is 1.77 bits per heavy atom. The molecule has 1 N–H and O–H groups in total. The van der Waals surface area contributed by atoms with Gasteiger partial charge in [-0.1, -0.05) is 30.3 Å². The van der Waals surface area contributed by atoms with Crippen molar-refractivity contribution >= 4 is 11.6 Å². The first-order valence-electron chi connectivity index (χ1n) is 10.8. The minimum absolute atomic E-state index is 0.529. The first-order valence-corrected chi connectivity index (χ1v) is 10.8. The highest BCUT2D eigenvalue weighted by Crippen LogP contribution is 2.28. The number of ether oxygens (including phenoxy) is 1. The molecule has 3 aromatic rings. The maximum absolute atomic E-state index is 5.47. The standard InChI is InChI=1S/C25H30N4O/c1-30-23-11-3-2-8-21(23)9-7-17-29-18-14-20(15-19-29)22-10-6-13-25(27-22)28-24-12-4-5-16-26-24/h2-6,8,10-13,16,20H,7,9,14-15,17-19H2,1H3,(H,26,27,28). The molecule has 5 nitrogen and oxygen atoms in total. The molecule has 0 bridgehead atoms. The van der Waals surface area contributed by atoms with Crippen molar-refractivity contribution in [1.29, 1.82) is 0 Å². The highest BCUT2D eigenvalue weighted by molar-refractivity contribution is 5.51. The number of nitrogens with zero attached hydrogens (tertiary/aromatic N) is 3. The van der Waals surface area contributed by atoms with E-state index in [9.17, 15) is 0 Å². The molecule has 1 fully saturated rings. The number of hydrogen-bond acceptors (Lipinski definition) is 5. The molecule has 30 heavy (non-hydrogen) atoms. The van der Waals surface area contributed by atoms with Crippen molar-refractivity contribution in [2.75, 3.05) is 32.1 Å². The summed E-state index contributed by atoms with van der Waals surface area (Å²) in [6.45, 7) is 3.41. The Balaban J connectivity index is 1.26. The van der Waals surface area contributed by atoms with Crippen molar-refractivity contribution in [2.45, 2.75) is 31.6 Å². The number of nitrogens with one attached hydrogen (secondary N) is 1. The molecule has 0 radical (unpaired) electrons. The maximum atomic E-state index is 5.47. The summed E-state index contributed by atoms with van der Waals surface area (Å²) >= 11 is 0. The molecule has 1 aliphatic heterocycles. The lowest BCUT2D eigenvalue weighted by Crippen LogP contribution is -2.34. The summed E-state index contributed by atoms with van der Waals surface area (Å²) in [5, 5.41) is 3.30. The molecule has 1 saturated heterocycles. The van der Waals surface area contributed by atoms with Gasteiger partial charge >= 0.3 is 0 Å². The van der Waals surface area contributed by atoms with Crippen LogP contribution in [0.5, 0.6) is 5.75 Å². The summed E-state index contributed by atoms with van der Waals surface area (Å²) in [6, 6.07) is 20.4. The maximum Gasteiger partial charge on any atom is 0.131 e. The van der Waals surface area contributed by atoms with Crippen molar-refractivity contribution in [3.63, 3.8) is 0 Å². The minimum atomic E-state index is 0.529. The number of para-hydroxylation sites is 1. The summed E-state index contributed by atoms with van der Waals surface area (Å²) in [4.78, 5) is 11.8. The van der Waals surface area contributed by atoms with Gasteiger partial charge in [0.2, 0.25) is 0 Å². The van der Waals surface area contributed by atoms with E-state index >= 15 is 0 Å². The Labute approximate surface area is 179 Å². The fraction of sp³-hybridized carbons (Fsp3) is 0.360. The van der Waals surface area contributed by atoms with Crippen molar-refractivity contribution in [3.8, 4) is 5.75 Å². The van der Waals surface area contributed by atoms with Gasteiger partial charge in [0, 0.05) is 17.8 Å². The zero-order valence-electron chi connectivity index (χ0n) is 17.6. The minimum Gasteiger partial charge on any atom is -0.496 e. The molecule has 0 aliphatic carbocycles. The van der Waals surface area contributed by atoms with E-state index in [2.05, 4.69) is 39.5 Å². The molecule has 0 spiro atoms. The van der Waals surface area contributed by atoms with Crippen LogP contribution in [0.25, 0.3) is 0 Å². The van der Waals surface area contributed by atoms with Gasteiger partial charge in [0.1, 0.15) is 17.4 Å². The van der Waals surface area contributed by atoms with E-state index in [0.717, 1.165) is 62.7 Å². The number of pyridine rings is 2. The summed E-state index contributed by atoms with van der Waals surface area (Å²) in [7, 11) is 1.75. The summed E-state index contributed by atoms with van der Waals surface area (Å²) in [5.74, 6) is 3.22. The Morgan fingerprint density at radius 3 is 2.57 bits per heavy atom. The normalized spacial score (nSPS) is 15.1. The molecule has 156 valence electrons. The zero-order chi connectivity index (χ0) is 20.6. The number of methoxy groups -OCH3 is 1. The quantitative estimate of drug-likeness (QED) is 0.572. The van der Waals surface area contributed by atoms with Crippen LogP contribution in [0.3, 0.4) is 0 Å². The predicted molar refractivity (Wildman–Crippen MR) is 121 cm³/mol. The first kappa shape index (κ1) is 20.4. The van der Waals surface area contributed by atoms with Crippen LogP contribution in [-0.2, 0) is 6.42 Å². The largest absolute Gasteiger partial charge is 0.496 e. The molecule has 4 rings (SSSR count). The van der Waals surface area contributed by atoms with Crippen molar-refractivity contribution in [3.05, 3.63) is 78.1 Å². The summed E-state index contributed by atoms with van der Waals surface area (Å²) < 4.78 is 5.47. The lowest BCUT2D eigenvalue weighted by atomic mass is 9.93.